The number of carboxylic acid groups (broad SMARTS) is 2. The largest absolute Gasteiger partial charge is 0.478 e. The topological polar surface area (TPSA) is 144 Å². The molecule has 0 spiro atoms. The molecule has 0 amide bonds. The molecule has 0 aromatic heterocycles. The fourth-order valence-electron chi connectivity index (χ4n) is 3.31. The zero-order chi connectivity index (χ0) is 31.3. The minimum absolute atomic E-state index is 0.176. The van der Waals surface area contributed by atoms with Gasteiger partial charge in [0.05, 0.1) is 34.9 Å². The lowest BCUT2D eigenvalue weighted by Crippen LogP contribution is -2.12. The van der Waals surface area contributed by atoms with E-state index < -0.39 is 63.9 Å². The number of methoxy groups -OCH3 is 1. The van der Waals surface area contributed by atoms with Crippen LogP contribution in [0.2, 0.25) is 0 Å². The van der Waals surface area contributed by atoms with Gasteiger partial charge in [0.25, 0.3) is 0 Å². The number of rotatable bonds is 6. The molecule has 8 nitrogen and oxygen atoms in total. The number of alkyl halides is 6. The third-order valence-electron chi connectivity index (χ3n) is 5.47. The Bertz CT molecular complexity index is 1500. The number of carboxylic acids is 2. The van der Waals surface area contributed by atoms with Crippen LogP contribution in [0, 0.1) is 6.92 Å². The van der Waals surface area contributed by atoms with Crippen molar-refractivity contribution in [3.8, 4) is 0 Å². The van der Waals surface area contributed by atoms with E-state index in [9.17, 15) is 45.5 Å². The molecule has 3 aromatic rings. The van der Waals surface area contributed by atoms with Gasteiger partial charge < -0.3 is 20.7 Å². The number of ether oxygens (including phenoxy) is 1. The molecule has 0 heterocycles. The van der Waals surface area contributed by atoms with Crippen LogP contribution in [0.1, 0.15) is 63.7 Å². The van der Waals surface area contributed by atoms with Crippen molar-refractivity contribution in [2.75, 3.05) is 12.8 Å². The molecule has 0 radical (unpaired) electrons. The highest BCUT2D eigenvalue weighted by molar-refractivity contribution is 6.00. The van der Waals surface area contributed by atoms with Crippen LogP contribution in [0.25, 0.3) is 0 Å². The van der Waals surface area contributed by atoms with Gasteiger partial charge in [-0.15, -0.1) is 0 Å². The normalized spacial score (nSPS) is 11.2. The molecule has 0 saturated heterocycles. The minimum atomic E-state index is -4.74. The molecule has 3 rings (SSSR count). The minimum Gasteiger partial charge on any atom is -0.478 e. The molecule has 0 unspecified atom stereocenters. The third-order valence-corrected chi connectivity index (χ3v) is 5.47. The SMILES string of the molecule is COC(=O)c1cc(C(=O)O)cc(C(F)(F)F)c1.Cc1ccc(CC(=O)c2cc(C(=O)O)cc(C(F)(F)F)c2)cc1N. The summed E-state index contributed by atoms with van der Waals surface area (Å²) in [6.45, 7) is 1.78. The highest BCUT2D eigenvalue weighted by Crippen LogP contribution is 2.32. The monoisotopic (exact) mass is 585 g/mol. The van der Waals surface area contributed by atoms with Crippen LogP contribution in [-0.2, 0) is 23.5 Å². The Balaban J connectivity index is 0.000000305. The molecule has 218 valence electrons. The maximum absolute atomic E-state index is 12.9. The molecule has 0 aliphatic carbocycles. The van der Waals surface area contributed by atoms with Gasteiger partial charge in [0.2, 0.25) is 0 Å². The van der Waals surface area contributed by atoms with Crippen molar-refractivity contribution in [3.05, 3.63) is 99.1 Å². The van der Waals surface area contributed by atoms with Crippen molar-refractivity contribution in [1.29, 1.82) is 0 Å². The number of hydrogen-bond acceptors (Lipinski definition) is 6. The number of aryl methyl sites for hydroxylation is 1. The Kier molecular flexibility index (Phi) is 9.88. The molecule has 0 bridgehead atoms. The van der Waals surface area contributed by atoms with Crippen molar-refractivity contribution < 1.29 is 60.5 Å². The number of esters is 1. The smallest absolute Gasteiger partial charge is 0.416 e. The summed E-state index contributed by atoms with van der Waals surface area (Å²) in [5, 5.41) is 17.6. The van der Waals surface area contributed by atoms with E-state index in [0.29, 0.717) is 35.5 Å². The fourth-order valence-corrected chi connectivity index (χ4v) is 3.31. The lowest BCUT2D eigenvalue weighted by Gasteiger charge is -2.11. The standard InChI is InChI=1S/C17H14F3NO3.C10H7F3O4/c1-9-2-3-10(4-14(9)21)5-15(22)11-6-12(16(23)24)8-13(7-11)17(18,19)20;1-17-9(16)6-2-5(8(14)15)3-7(4-6)10(11,12)13/h2-4,6-8H,5,21H2,1H3,(H,23,24);2-4H,1H3,(H,14,15). The summed E-state index contributed by atoms with van der Waals surface area (Å²) in [6.07, 6.45) is -9.64. The lowest BCUT2D eigenvalue weighted by atomic mass is 9.97. The van der Waals surface area contributed by atoms with Crippen LogP contribution >= 0.6 is 0 Å². The number of ketones is 1. The van der Waals surface area contributed by atoms with Gasteiger partial charge in [0.15, 0.2) is 5.78 Å². The molecule has 3 aromatic carbocycles. The molecule has 0 fully saturated rings. The summed E-state index contributed by atoms with van der Waals surface area (Å²) in [7, 11) is 0.989. The number of carbonyl (C=O) groups excluding carboxylic acids is 2. The Hall–Kier alpha value is -4.88. The molecule has 4 N–H and O–H groups in total. The van der Waals surface area contributed by atoms with Crippen molar-refractivity contribution in [3.63, 3.8) is 0 Å². The highest BCUT2D eigenvalue weighted by Gasteiger charge is 2.33. The van der Waals surface area contributed by atoms with Crippen LogP contribution in [0.3, 0.4) is 0 Å². The number of anilines is 1. The van der Waals surface area contributed by atoms with Crippen molar-refractivity contribution in [2.45, 2.75) is 25.7 Å². The second-order valence-corrected chi connectivity index (χ2v) is 8.49. The van der Waals surface area contributed by atoms with E-state index in [1.165, 1.54) is 0 Å². The molecule has 41 heavy (non-hydrogen) atoms. The van der Waals surface area contributed by atoms with Crippen molar-refractivity contribution in [1.82, 2.24) is 0 Å². The van der Waals surface area contributed by atoms with Gasteiger partial charge in [-0.25, -0.2) is 14.4 Å². The number of aromatic carboxylic acids is 2. The number of halogens is 6. The lowest BCUT2D eigenvalue weighted by molar-refractivity contribution is -0.138. The first-order valence-corrected chi connectivity index (χ1v) is 11.2. The molecule has 14 heteroatoms. The predicted molar refractivity (Wildman–Crippen MR) is 132 cm³/mol. The van der Waals surface area contributed by atoms with Crippen LogP contribution in [-0.4, -0.2) is 41.0 Å². The summed E-state index contributed by atoms with van der Waals surface area (Å²) in [5.74, 6) is -4.73. The maximum atomic E-state index is 12.9. The molecular weight excluding hydrogens is 564 g/mol. The second kappa shape index (κ2) is 12.5. The summed E-state index contributed by atoms with van der Waals surface area (Å²) >= 11 is 0. The van der Waals surface area contributed by atoms with E-state index in [4.69, 9.17) is 15.9 Å². The highest BCUT2D eigenvalue weighted by atomic mass is 19.4. The van der Waals surface area contributed by atoms with E-state index in [1.54, 1.807) is 25.1 Å². The summed E-state index contributed by atoms with van der Waals surface area (Å²) in [6, 6.07) is 8.84. The van der Waals surface area contributed by atoms with Gasteiger partial charge in [-0.2, -0.15) is 26.3 Å². The quantitative estimate of drug-likeness (QED) is 0.140. The van der Waals surface area contributed by atoms with Gasteiger partial charge in [-0.1, -0.05) is 12.1 Å². The van der Waals surface area contributed by atoms with Crippen LogP contribution in [0.15, 0.2) is 54.6 Å². The number of nitrogens with two attached hydrogens (primary N) is 1. The number of carbonyl (C=O) groups is 4. The van der Waals surface area contributed by atoms with Gasteiger partial charge in [0.1, 0.15) is 0 Å². The zero-order valence-corrected chi connectivity index (χ0v) is 21.2. The summed E-state index contributed by atoms with van der Waals surface area (Å²) in [5.41, 5.74) is 3.21. The van der Waals surface area contributed by atoms with Crippen molar-refractivity contribution >= 4 is 29.4 Å². The van der Waals surface area contributed by atoms with E-state index in [1.807, 2.05) is 0 Å². The maximum Gasteiger partial charge on any atom is 0.416 e. The molecule has 0 aliphatic rings. The first kappa shape index (κ1) is 32.3. The Morgan fingerprint density at radius 3 is 1.59 bits per heavy atom. The summed E-state index contributed by atoms with van der Waals surface area (Å²) < 4.78 is 80.2. The van der Waals surface area contributed by atoms with Crippen molar-refractivity contribution in [2.24, 2.45) is 0 Å². The fraction of sp³-hybridized carbons (Fsp3) is 0.185. The second-order valence-electron chi connectivity index (χ2n) is 8.49. The van der Waals surface area contributed by atoms with E-state index in [-0.39, 0.29) is 12.0 Å². The number of nitrogen functional groups attached to an aromatic ring is 1. The first-order chi connectivity index (χ1) is 18.8. The Morgan fingerprint density at radius 1 is 0.732 bits per heavy atom. The van der Waals surface area contributed by atoms with E-state index in [0.717, 1.165) is 24.8 Å². The number of benzene rings is 3. The van der Waals surface area contributed by atoms with Gasteiger partial charge >= 0.3 is 30.3 Å². The Morgan fingerprint density at radius 2 is 1.17 bits per heavy atom. The van der Waals surface area contributed by atoms with Gasteiger partial charge in [-0.3, -0.25) is 4.79 Å². The number of Topliss-reactive ketones (excluding diaryl/α,β-unsaturated/α-hetero) is 1. The van der Waals surface area contributed by atoms with Gasteiger partial charge in [0, 0.05) is 17.7 Å². The average Bonchev–Trinajstić information content (AvgIpc) is 2.89. The van der Waals surface area contributed by atoms with E-state index >= 15 is 0 Å². The molecule has 0 saturated carbocycles. The molecule has 0 aliphatic heterocycles. The third kappa shape index (κ3) is 8.81. The zero-order valence-electron chi connectivity index (χ0n) is 21.2. The van der Waals surface area contributed by atoms with Crippen LogP contribution in [0.4, 0.5) is 32.0 Å². The van der Waals surface area contributed by atoms with Gasteiger partial charge in [-0.05, 0) is 60.5 Å². The van der Waals surface area contributed by atoms with Crippen LogP contribution in [0.5, 0.6) is 0 Å². The first-order valence-electron chi connectivity index (χ1n) is 11.2. The number of hydrogen-bond donors (Lipinski definition) is 3. The molecule has 0 atom stereocenters. The molecular formula is C27H21F6NO7. The van der Waals surface area contributed by atoms with E-state index in [2.05, 4.69) is 4.74 Å². The predicted octanol–water partition coefficient (Wildman–Crippen LogP) is 5.91. The van der Waals surface area contributed by atoms with Crippen LogP contribution < -0.4 is 5.73 Å². The Labute approximate surface area is 228 Å². The average molecular weight is 585 g/mol. The summed E-state index contributed by atoms with van der Waals surface area (Å²) in [4.78, 5) is 45.0.